The van der Waals surface area contributed by atoms with Gasteiger partial charge in [0, 0.05) is 0 Å². The highest BCUT2D eigenvalue weighted by molar-refractivity contribution is 7.56. The van der Waals surface area contributed by atoms with Gasteiger partial charge in [0.05, 0.1) is 20.3 Å². The number of rotatable bonds is 7. The fourth-order valence-corrected chi connectivity index (χ4v) is 2.77. The molecule has 0 saturated heterocycles. The summed E-state index contributed by atoms with van der Waals surface area (Å²) in [6.07, 6.45) is 1.22. The topological polar surface area (TPSA) is 61.8 Å². The second-order valence-corrected chi connectivity index (χ2v) is 4.73. The van der Waals surface area contributed by atoms with E-state index in [4.69, 9.17) is 9.05 Å². The number of carbonyl (C=O) groups excluding carboxylic acids is 1. The van der Waals surface area contributed by atoms with Crippen LogP contribution in [0.15, 0.2) is 12.7 Å². The molecule has 0 fully saturated rings. The van der Waals surface area contributed by atoms with Crippen molar-refractivity contribution in [1.82, 2.24) is 0 Å². The lowest BCUT2D eigenvalue weighted by molar-refractivity contribution is -0.139. The van der Waals surface area contributed by atoms with Crippen LogP contribution in [0, 0.1) is 0 Å². The second-order valence-electron chi connectivity index (χ2n) is 2.58. The molecule has 0 aromatic heterocycles. The van der Waals surface area contributed by atoms with Gasteiger partial charge in [0.25, 0.3) is 0 Å². The summed E-state index contributed by atoms with van der Waals surface area (Å²) >= 11 is 0. The average molecular weight is 236 g/mol. The first-order valence-corrected chi connectivity index (χ1v) is 6.26. The van der Waals surface area contributed by atoms with Gasteiger partial charge in [0.2, 0.25) is 0 Å². The first-order valence-electron chi connectivity index (χ1n) is 4.64. The van der Waals surface area contributed by atoms with Gasteiger partial charge < -0.3 is 13.8 Å². The van der Waals surface area contributed by atoms with E-state index in [0.717, 1.165) is 0 Å². The molecule has 1 atom stereocenters. The lowest BCUT2D eigenvalue weighted by Gasteiger charge is -2.21. The molecule has 0 heterocycles. The van der Waals surface area contributed by atoms with Gasteiger partial charge in [-0.1, -0.05) is 6.08 Å². The lowest BCUT2D eigenvalue weighted by Crippen LogP contribution is -2.22. The highest BCUT2D eigenvalue weighted by atomic mass is 31.2. The molecule has 0 aromatic rings. The van der Waals surface area contributed by atoms with E-state index in [1.165, 1.54) is 13.2 Å². The molecule has 0 rings (SSSR count). The third-order valence-electron chi connectivity index (χ3n) is 1.62. The van der Waals surface area contributed by atoms with Gasteiger partial charge in [-0.05, 0) is 13.8 Å². The maximum Gasteiger partial charge on any atom is 0.348 e. The van der Waals surface area contributed by atoms with E-state index in [1.807, 2.05) is 0 Å². The van der Waals surface area contributed by atoms with Gasteiger partial charge in [-0.25, -0.2) is 0 Å². The smallest absolute Gasteiger partial charge is 0.348 e. The Bertz CT molecular complexity index is 253. The third-order valence-corrected chi connectivity index (χ3v) is 3.96. The van der Waals surface area contributed by atoms with Crippen molar-refractivity contribution in [3.05, 3.63) is 12.7 Å². The zero-order valence-corrected chi connectivity index (χ0v) is 10.2. The van der Waals surface area contributed by atoms with Gasteiger partial charge in [-0.3, -0.25) is 9.36 Å². The zero-order chi connectivity index (χ0) is 11.9. The van der Waals surface area contributed by atoms with E-state index in [-0.39, 0.29) is 13.2 Å². The minimum Gasteiger partial charge on any atom is -0.468 e. The van der Waals surface area contributed by atoms with Crippen LogP contribution in [-0.4, -0.2) is 32.0 Å². The van der Waals surface area contributed by atoms with Crippen molar-refractivity contribution in [2.45, 2.75) is 19.5 Å². The summed E-state index contributed by atoms with van der Waals surface area (Å²) < 4.78 is 26.6. The Morgan fingerprint density at radius 2 is 1.87 bits per heavy atom. The molecule has 0 spiro atoms. The number of methoxy groups -OCH3 is 1. The van der Waals surface area contributed by atoms with E-state index < -0.39 is 19.2 Å². The minimum atomic E-state index is -3.49. The lowest BCUT2D eigenvalue weighted by atomic mass is 10.4. The summed E-state index contributed by atoms with van der Waals surface area (Å²) in [5, 5.41) is 0. The third kappa shape index (κ3) is 3.78. The number of hydrogen-bond donors (Lipinski definition) is 0. The quantitative estimate of drug-likeness (QED) is 0.384. The number of carbonyl (C=O) groups is 1. The maximum absolute atomic E-state index is 12.1. The fraction of sp³-hybridized carbons (Fsp3) is 0.667. The molecule has 0 aliphatic carbocycles. The Balaban J connectivity index is 4.92. The standard InChI is InChI=1S/C9H17O5P/c1-5-8(9(10)12-4)15(11,13-6-2)14-7-3/h5,8H,1,6-7H2,2-4H3. The molecule has 0 amide bonds. The molecule has 5 nitrogen and oxygen atoms in total. The highest BCUT2D eigenvalue weighted by Crippen LogP contribution is 2.53. The van der Waals surface area contributed by atoms with Crippen LogP contribution in [0.1, 0.15) is 13.8 Å². The SMILES string of the molecule is C=CC(C(=O)OC)P(=O)(OCC)OCC. The van der Waals surface area contributed by atoms with Crippen molar-refractivity contribution in [2.75, 3.05) is 20.3 Å². The van der Waals surface area contributed by atoms with E-state index in [2.05, 4.69) is 11.3 Å². The van der Waals surface area contributed by atoms with E-state index in [1.54, 1.807) is 13.8 Å². The summed E-state index contributed by atoms with van der Waals surface area (Å²) in [7, 11) is -2.29. The molecule has 0 saturated carbocycles. The molecule has 15 heavy (non-hydrogen) atoms. The molecular weight excluding hydrogens is 219 g/mol. The van der Waals surface area contributed by atoms with E-state index >= 15 is 0 Å². The molecule has 6 heteroatoms. The largest absolute Gasteiger partial charge is 0.468 e. The summed E-state index contributed by atoms with van der Waals surface area (Å²) in [6, 6.07) is 0. The maximum atomic E-state index is 12.1. The Kier molecular flexibility index (Phi) is 6.48. The van der Waals surface area contributed by atoms with Crippen LogP contribution in [0.2, 0.25) is 0 Å². The summed E-state index contributed by atoms with van der Waals surface area (Å²) in [5.41, 5.74) is -1.07. The normalized spacial score (nSPS) is 13.3. The Hall–Kier alpha value is -0.640. The van der Waals surface area contributed by atoms with Crippen molar-refractivity contribution in [2.24, 2.45) is 0 Å². The molecule has 88 valence electrons. The number of ether oxygens (including phenoxy) is 1. The molecule has 0 aromatic carbocycles. The van der Waals surface area contributed by atoms with Crippen LogP contribution in [-0.2, 0) is 23.1 Å². The van der Waals surface area contributed by atoms with Gasteiger partial charge in [0.15, 0.2) is 5.66 Å². The second kappa shape index (κ2) is 6.77. The number of esters is 1. The highest BCUT2D eigenvalue weighted by Gasteiger charge is 2.39. The van der Waals surface area contributed by atoms with Crippen molar-refractivity contribution < 1.29 is 23.1 Å². The van der Waals surface area contributed by atoms with Crippen LogP contribution < -0.4 is 0 Å². The van der Waals surface area contributed by atoms with E-state index in [0.29, 0.717) is 0 Å². The molecular formula is C9H17O5P. The summed E-state index contributed by atoms with van der Waals surface area (Å²) in [5.74, 6) is -0.671. The van der Waals surface area contributed by atoms with Crippen molar-refractivity contribution in [3.8, 4) is 0 Å². The Morgan fingerprint density at radius 1 is 1.40 bits per heavy atom. The van der Waals surface area contributed by atoms with Crippen LogP contribution in [0.4, 0.5) is 0 Å². The monoisotopic (exact) mass is 236 g/mol. The minimum absolute atomic E-state index is 0.193. The van der Waals surface area contributed by atoms with Gasteiger partial charge >= 0.3 is 13.6 Å². The Morgan fingerprint density at radius 3 is 2.13 bits per heavy atom. The first-order chi connectivity index (χ1) is 7.05. The van der Waals surface area contributed by atoms with Gasteiger partial charge in [-0.2, -0.15) is 0 Å². The molecule has 0 aliphatic heterocycles. The van der Waals surface area contributed by atoms with Gasteiger partial charge in [0.1, 0.15) is 0 Å². The molecule has 0 aliphatic rings. The van der Waals surface area contributed by atoms with E-state index in [9.17, 15) is 9.36 Å². The van der Waals surface area contributed by atoms with Gasteiger partial charge in [-0.15, -0.1) is 6.58 Å². The first kappa shape index (κ1) is 14.4. The molecule has 1 unspecified atom stereocenters. The molecule has 0 radical (unpaired) electrons. The Labute approximate surface area is 89.9 Å². The van der Waals surface area contributed by atoms with Crippen LogP contribution in [0.25, 0.3) is 0 Å². The summed E-state index contributed by atoms with van der Waals surface area (Å²) in [6.45, 7) is 7.15. The fourth-order valence-electron chi connectivity index (χ4n) is 1.03. The van der Waals surface area contributed by atoms with Crippen molar-refractivity contribution >= 4 is 13.6 Å². The summed E-state index contributed by atoms with van der Waals surface area (Å²) in [4.78, 5) is 11.3. The predicted molar refractivity (Wildman–Crippen MR) is 56.9 cm³/mol. The van der Waals surface area contributed by atoms with Crippen LogP contribution >= 0.6 is 7.60 Å². The molecule has 0 bridgehead atoms. The average Bonchev–Trinajstić information content (AvgIpc) is 2.19. The molecule has 0 N–H and O–H groups in total. The van der Waals surface area contributed by atoms with Crippen LogP contribution in [0.5, 0.6) is 0 Å². The van der Waals surface area contributed by atoms with Crippen LogP contribution in [0.3, 0.4) is 0 Å². The zero-order valence-electron chi connectivity index (χ0n) is 9.26. The van der Waals surface area contributed by atoms with Crippen molar-refractivity contribution in [1.29, 1.82) is 0 Å². The number of hydrogen-bond acceptors (Lipinski definition) is 5. The predicted octanol–water partition coefficient (Wildman–Crippen LogP) is 1.98. The van der Waals surface area contributed by atoms with Crippen molar-refractivity contribution in [3.63, 3.8) is 0 Å².